The van der Waals surface area contributed by atoms with Crippen LogP contribution in [0.15, 0.2) is 74.1 Å². The van der Waals surface area contributed by atoms with Gasteiger partial charge in [0.2, 0.25) is 0 Å². The molecular formula is C28H27ClN6O4S. The van der Waals surface area contributed by atoms with Crippen LogP contribution in [0.4, 0.5) is 5.69 Å². The lowest BCUT2D eigenvalue weighted by Gasteiger charge is -2.20. The molecule has 0 spiro atoms. The molecule has 3 heterocycles. The van der Waals surface area contributed by atoms with Crippen molar-refractivity contribution < 1.29 is 13.4 Å². The number of pyridine rings is 2. The first-order valence-corrected chi connectivity index (χ1v) is 13.7. The summed E-state index contributed by atoms with van der Waals surface area (Å²) in [5, 5.41) is 3.76. The van der Waals surface area contributed by atoms with Gasteiger partial charge in [-0.25, -0.2) is 9.19 Å². The number of halogens is 1. The fourth-order valence-electron chi connectivity index (χ4n) is 4.17. The minimum Gasteiger partial charge on any atom is -0.455 e. The Morgan fingerprint density at radius 3 is 2.70 bits per heavy atom. The molecule has 1 aromatic carbocycles. The minimum atomic E-state index is -1.86. The average molecular weight is 579 g/mol. The Bertz CT molecular complexity index is 1740. The van der Waals surface area contributed by atoms with Gasteiger partial charge in [-0.15, -0.1) is 0 Å². The van der Waals surface area contributed by atoms with E-state index in [1.807, 2.05) is 19.9 Å². The number of benzene rings is 1. The third-order valence-corrected chi connectivity index (χ3v) is 7.30. The van der Waals surface area contributed by atoms with E-state index in [0.29, 0.717) is 44.0 Å². The van der Waals surface area contributed by atoms with Crippen molar-refractivity contribution in [3.63, 3.8) is 0 Å². The fraction of sp³-hybridized carbons (Fsp3) is 0.179. The van der Waals surface area contributed by atoms with E-state index in [9.17, 15) is 13.8 Å². The second-order valence-electron chi connectivity index (χ2n) is 8.91. The van der Waals surface area contributed by atoms with Crippen LogP contribution in [-0.2, 0) is 11.0 Å². The van der Waals surface area contributed by atoms with Gasteiger partial charge in [0.25, 0.3) is 5.91 Å². The number of carbonyl (C=O) groups excluding carboxylic acids is 1. The summed E-state index contributed by atoms with van der Waals surface area (Å²) >= 11 is 6.10. The molecule has 40 heavy (non-hydrogen) atoms. The van der Waals surface area contributed by atoms with Crippen molar-refractivity contribution in [1.29, 1.82) is 0 Å². The van der Waals surface area contributed by atoms with Crippen LogP contribution in [0.25, 0.3) is 16.5 Å². The Balaban J connectivity index is 1.75. The lowest BCUT2D eigenvalue weighted by molar-refractivity contribution is 0.0979. The zero-order chi connectivity index (χ0) is 29.0. The molecule has 0 aliphatic rings. The standard InChI is InChI=1S/C28H27ClN6O4S/c1-15-10-20(27-21(11-15)25(36)16(2)26(39-27)18(12-30)13-31-4)17(3)33-22-7-8-23(29)34-24(22)28(37)35-40(38)19-6-5-9-32-14-19/h5-14,17,33H,30H2,1-4H3,(H,35,37)/b18-12+,31-13?. The first-order valence-electron chi connectivity index (χ1n) is 12.1. The number of nitrogens with zero attached hydrogens (tertiary/aromatic N) is 3. The first-order chi connectivity index (χ1) is 19.1. The molecule has 2 unspecified atom stereocenters. The fourth-order valence-corrected chi connectivity index (χ4v) is 5.05. The summed E-state index contributed by atoms with van der Waals surface area (Å²) in [4.78, 5) is 38.9. The Morgan fingerprint density at radius 1 is 1.25 bits per heavy atom. The van der Waals surface area contributed by atoms with E-state index in [0.717, 1.165) is 5.56 Å². The molecule has 1 amide bonds. The summed E-state index contributed by atoms with van der Waals surface area (Å²) in [6.45, 7) is 5.41. The quantitative estimate of drug-likeness (QED) is 0.204. The van der Waals surface area contributed by atoms with Gasteiger partial charge in [0.05, 0.1) is 27.6 Å². The lowest BCUT2D eigenvalue weighted by Crippen LogP contribution is -2.28. The molecule has 10 nitrogen and oxygen atoms in total. The zero-order valence-corrected chi connectivity index (χ0v) is 23.8. The maximum atomic E-state index is 13.4. The van der Waals surface area contributed by atoms with E-state index in [1.165, 1.54) is 30.9 Å². The summed E-state index contributed by atoms with van der Waals surface area (Å²) in [6, 6.07) is 9.52. The Labute approximate surface area is 238 Å². The lowest BCUT2D eigenvalue weighted by atomic mass is 9.99. The monoisotopic (exact) mass is 578 g/mol. The number of nitrogens with two attached hydrogens (primary N) is 1. The third kappa shape index (κ3) is 5.95. The van der Waals surface area contributed by atoms with Crippen molar-refractivity contribution in [2.75, 3.05) is 12.4 Å². The molecule has 0 saturated heterocycles. The first kappa shape index (κ1) is 28.7. The van der Waals surface area contributed by atoms with Gasteiger partial charge in [-0.2, -0.15) is 0 Å². The molecule has 0 fully saturated rings. The highest BCUT2D eigenvalue weighted by molar-refractivity contribution is 7.83. The van der Waals surface area contributed by atoms with Crippen molar-refractivity contribution in [2.45, 2.75) is 31.7 Å². The summed E-state index contributed by atoms with van der Waals surface area (Å²) in [5.41, 5.74) is 8.64. The minimum absolute atomic E-state index is 0.0564. The Hall–Kier alpha value is -4.35. The van der Waals surface area contributed by atoms with Crippen molar-refractivity contribution in [1.82, 2.24) is 14.7 Å². The number of hydrogen-bond donors (Lipinski definition) is 3. The molecule has 0 aliphatic heterocycles. The van der Waals surface area contributed by atoms with E-state index in [2.05, 4.69) is 25.0 Å². The van der Waals surface area contributed by atoms with Crippen molar-refractivity contribution in [3.05, 3.63) is 98.5 Å². The van der Waals surface area contributed by atoms with Crippen LogP contribution in [0, 0.1) is 13.8 Å². The van der Waals surface area contributed by atoms with Gasteiger partial charge in [-0.1, -0.05) is 17.7 Å². The molecule has 206 valence electrons. The number of carbonyl (C=O) groups is 1. The highest BCUT2D eigenvalue weighted by Crippen LogP contribution is 2.31. The van der Waals surface area contributed by atoms with Crippen LogP contribution in [0.1, 0.15) is 45.9 Å². The van der Waals surface area contributed by atoms with Gasteiger partial charge in [0.1, 0.15) is 16.5 Å². The summed E-state index contributed by atoms with van der Waals surface area (Å²) in [6.07, 6.45) is 5.79. The number of nitrogens with one attached hydrogen (secondary N) is 2. The predicted molar refractivity (Wildman–Crippen MR) is 158 cm³/mol. The second kappa shape index (κ2) is 12.2. The van der Waals surface area contributed by atoms with Gasteiger partial charge < -0.3 is 15.5 Å². The van der Waals surface area contributed by atoms with Crippen molar-refractivity contribution in [2.24, 2.45) is 10.7 Å². The maximum absolute atomic E-state index is 13.4. The number of aliphatic imine (C=N–C) groups is 1. The van der Waals surface area contributed by atoms with Crippen LogP contribution in [0.5, 0.6) is 0 Å². The van der Waals surface area contributed by atoms with E-state index >= 15 is 0 Å². The third-order valence-electron chi connectivity index (χ3n) is 6.05. The van der Waals surface area contributed by atoms with Crippen molar-refractivity contribution in [3.8, 4) is 0 Å². The number of aryl methyl sites for hydroxylation is 1. The molecule has 3 aromatic heterocycles. The molecule has 2 atom stereocenters. The number of allylic oxidation sites excluding steroid dienone is 1. The number of fused-ring (bicyclic) bond motifs is 1. The number of hydrogen-bond acceptors (Lipinski definition) is 9. The maximum Gasteiger partial charge on any atom is 0.284 e. The van der Waals surface area contributed by atoms with Crippen LogP contribution in [0.3, 0.4) is 0 Å². The molecule has 12 heteroatoms. The smallest absolute Gasteiger partial charge is 0.284 e. The second-order valence-corrected chi connectivity index (χ2v) is 10.5. The summed E-state index contributed by atoms with van der Waals surface area (Å²) in [5.74, 6) is -0.386. The van der Waals surface area contributed by atoms with Crippen LogP contribution in [0.2, 0.25) is 5.15 Å². The highest BCUT2D eigenvalue weighted by atomic mass is 35.5. The molecule has 4 aromatic rings. The van der Waals surface area contributed by atoms with Gasteiger partial charge in [-0.05, 0) is 56.7 Å². The van der Waals surface area contributed by atoms with Crippen LogP contribution in [-0.4, -0.2) is 33.3 Å². The Morgan fingerprint density at radius 2 is 2.02 bits per heavy atom. The molecule has 4 rings (SSSR count). The average Bonchev–Trinajstić information content (AvgIpc) is 2.95. The summed E-state index contributed by atoms with van der Waals surface area (Å²) in [7, 11) is -0.267. The number of anilines is 1. The van der Waals surface area contributed by atoms with E-state index in [-0.39, 0.29) is 16.3 Å². The van der Waals surface area contributed by atoms with Gasteiger partial charge in [0, 0.05) is 43.0 Å². The molecule has 0 bridgehead atoms. The molecule has 0 saturated carbocycles. The number of rotatable bonds is 8. The van der Waals surface area contributed by atoms with E-state index < -0.39 is 22.9 Å². The predicted octanol–water partition coefficient (Wildman–Crippen LogP) is 4.48. The molecule has 4 N–H and O–H groups in total. The molecule has 0 radical (unpaired) electrons. The molecule has 0 aliphatic carbocycles. The summed E-state index contributed by atoms with van der Waals surface area (Å²) < 4.78 is 21.4. The van der Waals surface area contributed by atoms with Gasteiger partial charge in [-0.3, -0.25) is 24.3 Å². The van der Waals surface area contributed by atoms with Gasteiger partial charge >= 0.3 is 0 Å². The van der Waals surface area contributed by atoms with Crippen molar-refractivity contribution >= 4 is 56.9 Å². The van der Waals surface area contributed by atoms with Gasteiger partial charge in [0.15, 0.2) is 22.1 Å². The largest absolute Gasteiger partial charge is 0.455 e. The topological polar surface area (TPSA) is 153 Å². The number of aromatic nitrogens is 2. The highest BCUT2D eigenvalue weighted by Gasteiger charge is 2.22. The molecular weight excluding hydrogens is 552 g/mol. The Kier molecular flexibility index (Phi) is 8.76. The van der Waals surface area contributed by atoms with E-state index in [1.54, 1.807) is 38.2 Å². The normalized spacial score (nSPS) is 13.4. The zero-order valence-electron chi connectivity index (χ0n) is 22.2. The van der Waals surface area contributed by atoms with E-state index in [4.69, 9.17) is 21.8 Å². The van der Waals surface area contributed by atoms with Crippen LogP contribution < -0.4 is 21.2 Å². The van der Waals surface area contributed by atoms with Crippen LogP contribution >= 0.6 is 11.6 Å². The SMILES string of the molecule is CN=C/C(=C\N)c1oc2c(C(C)Nc3ccc(Cl)nc3C(=O)NS(=O)c3cccnc3)cc(C)cc2c(=O)c1C. The number of amides is 1.